The summed E-state index contributed by atoms with van der Waals surface area (Å²) in [5.74, 6) is 1.45. The molecule has 2 aromatic heterocycles. The lowest BCUT2D eigenvalue weighted by atomic mass is 9.82. The Bertz CT molecular complexity index is 4090. The molecule has 12 aromatic rings. The second-order valence-electron chi connectivity index (χ2n) is 19.8. The van der Waals surface area contributed by atoms with Crippen molar-refractivity contribution in [1.82, 2.24) is 14.5 Å². The van der Waals surface area contributed by atoms with Crippen LogP contribution in [0.25, 0.3) is 82.8 Å². The highest BCUT2D eigenvalue weighted by Crippen LogP contribution is 2.46. The van der Waals surface area contributed by atoms with Crippen LogP contribution in [0.2, 0.25) is 0 Å². The quantitative estimate of drug-likeness (QED) is 0.0985. The zero-order chi connectivity index (χ0) is 50.8. The molecular formula is C71H55N5. The Morgan fingerprint density at radius 3 is 1.68 bits per heavy atom. The SMILES string of the molecule is N=C(N=C(NCCC1CC=C(c2ccccc2)C=C[C@@H]1c1ccccc1)c1ccccc1)c1cc(-c2ccccc2)c(-n2c3ccccc3c3ccc4c(c5ccccc5n4-c4ccccc4)c32)c(-c2ccccc2)c1. The number of amidine groups is 2. The van der Waals surface area contributed by atoms with Gasteiger partial charge in [-0.05, 0) is 89.1 Å². The number of fused-ring (bicyclic) bond motifs is 7. The van der Waals surface area contributed by atoms with Gasteiger partial charge < -0.3 is 14.5 Å². The molecule has 1 unspecified atom stereocenters. The highest BCUT2D eigenvalue weighted by atomic mass is 15.0. The maximum Gasteiger partial charge on any atom is 0.154 e. The fraction of sp³-hybridized carbons (Fsp3) is 0.0704. The number of para-hydroxylation sites is 3. The van der Waals surface area contributed by atoms with Crippen molar-refractivity contribution in [2.24, 2.45) is 10.9 Å². The second kappa shape index (κ2) is 20.4. The zero-order valence-electron chi connectivity index (χ0n) is 42.1. The fourth-order valence-electron chi connectivity index (χ4n) is 11.7. The summed E-state index contributed by atoms with van der Waals surface area (Å²) in [5.41, 5.74) is 16.3. The summed E-state index contributed by atoms with van der Waals surface area (Å²) in [5, 5.41) is 18.6. The average molecular weight is 978 g/mol. The predicted octanol–water partition coefficient (Wildman–Crippen LogP) is 17.4. The minimum absolute atomic E-state index is 0.179. The topological polar surface area (TPSA) is 58.1 Å². The molecule has 0 fully saturated rings. The van der Waals surface area contributed by atoms with E-state index in [2.05, 4.69) is 269 Å². The summed E-state index contributed by atoms with van der Waals surface area (Å²) in [7, 11) is 0. The number of benzene rings is 10. The molecule has 10 aromatic carbocycles. The summed E-state index contributed by atoms with van der Waals surface area (Å²) in [4.78, 5) is 5.27. The molecule has 5 heteroatoms. The highest BCUT2D eigenvalue weighted by molar-refractivity contribution is 6.26. The van der Waals surface area contributed by atoms with E-state index in [1.165, 1.54) is 38.2 Å². The molecule has 0 spiro atoms. The Labute approximate surface area is 443 Å². The number of hydrogen-bond donors (Lipinski definition) is 2. The number of nitrogens with zero attached hydrogens (tertiary/aromatic N) is 3. The maximum absolute atomic E-state index is 10.1. The van der Waals surface area contributed by atoms with Gasteiger partial charge in [0, 0.05) is 61.9 Å². The van der Waals surface area contributed by atoms with Gasteiger partial charge in [0.05, 0.1) is 27.8 Å². The first-order valence-electron chi connectivity index (χ1n) is 26.4. The summed E-state index contributed by atoms with van der Waals surface area (Å²) >= 11 is 0. The van der Waals surface area contributed by atoms with Gasteiger partial charge in [0.2, 0.25) is 0 Å². The third kappa shape index (κ3) is 8.62. The number of aliphatic imine (C=N–C) groups is 1. The van der Waals surface area contributed by atoms with Crippen LogP contribution in [0.5, 0.6) is 0 Å². The molecule has 2 heterocycles. The average Bonchev–Trinajstić information content (AvgIpc) is 3.96. The van der Waals surface area contributed by atoms with Crippen molar-refractivity contribution in [2.75, 3.05) is 6.54 Å². The van der Waals surface area contributed by atoms with Crippen LogP contribution in [0.3, 0.4) is 0 Å². The van der Waals surface area contributed by atoms with E-state index in [1.54, 1.807) is 0 Å². The molecule has 2 atom stereocenters. The number of allylic oxidation sites excluding steroid dienone is 4. The Kier molecular flexibility index (Phi) is 12.4. The van der Waals surface area contributed by atoms with E-state index >= 15 is 0 Å². The van der Waals surface area contributed by atoms with E-state index in [0.717, 1.165) is 79.7 Å². The lowest BCUT2D eigenvalue weighted by molar-refractivity contribution is 0.447. The van der Waals surface area contributed by atoms with Crippen LogP contribution in [0.4, 0.5) is 0 Å². The van der Waals surface area contributed by atoms with Gasteiger partial charge in [-0.3, -0.25) is 5.41 Å². The van der Waals surface area contributed by atoms with Crippen molar-refractivity contribution < 1.29 is 0 Å². The van der Waals surface area contributed by atoms with Gasteiger partial charge in [-0.2, -0.15) is 0 Å². The van der Waals surface area contributed by atoms with Gasteiger partial charge in [-0.15, -0.1) is 0 Å². The minimum Gasteiger partial charge on any atom is -0.369 e. The van der Waals surface area contributed by atoms with Crippen molar-refractivity contribution in [3.05, 3.63) is 295 Å². The molecule has 0 amide bonds. The number of rotatable bonds is 11. The standard InChI is InChI=1S/C71H55N5/c72-70(74-71(55-31-15-5-16-32-55)73-46-45-54-40-39-50(49-23-7-1-8-24-49)41-42-58(54)51-25-9-2-10-26-51)56-47-62(52-27-11-3-12-28-52)68(63(48-56)53-29-13-4-14-30-53)76-64-37-21-19-35-59(64)60-43-44-66-67(69(60)76)61-36-20-22-38-65(61)75(66)57-33-17-6-18-34-57/h1-39,41-44,47-48,54,58H,40,45-46H2,(H2,72,73,74)/t54?,58-/m1/s1. The molecule has 0 aliphatic heterocycles. The molecule has 0 saturated carbocycles. The van der Waals surface area contributed by atoms with Crippen molar-refractivity contribution in [3.63, 3.8) is 0 Å². The molecule has 364 valence electrons. The highest BCUT2D eigenvalue weighted by Gasteiger charge is 2.27. The first-order valence-corrected chi connectivity index (χ1v) is 26.4. The normalized spacial score (nSPS) is 14.8. The van der Waals surface area contributed by atoms with Crippen LogP contribution in [0.1, 0.15) is 41.0 Å². The molecule has 0 radical (unpaired) electrons. The molecule has 0 saturated heterocycles. The van der Waals surface area contributed by atoms with Crippen molar-refractivity contribution in [2.45, 2.75) is 18.8 Å². The maximum atomic E-state index is 10.1. The Morgan fingerprint density at radius 1 is 0.500 bits per heavy atom. The van der Waals surface area contributed by atoms with E-state index in [1.807, 2.05) is 18.2 Å². The van der Waals surface area contributed by atoms with E-state index in [9.17, 15) is 5.41 Å². The molecule has 5 nitrogen and oxygen atoms in total. The van der Waals surface area contributed by atoms with Crippen LogP contribution in [-0.4, -0.2) is 27.4 Å². The lowest BCUT2D eigenvalue weighted by Crippen LogP contribution is -2.29. The minimum atomic E-state index is 0.179. The molecule has 13 rings (SSSR count). The number of aromatic nitrogens is 2. The largest absolute Gasteiger partial charge is 0.369 e. The summed E-state index contributed by atoms with van der Waals surface area (Å²) in [6, 6.07) is 90.5. The van der Waals surface area contributed by atoms with Crippen LogP contribution in [0, 0.1) is 11.3 Å². The number of nitrogens with one attached hydrogen (secondary N) is 2. The van der Waals surface area contributed by atoms with Gasteiger partial charge in [0.25, 0.3) is 0 Å². The zero-order valence-corrected chi connectivity index (χ0v) is 42.1. The van der Waals surface area contributed by atoms with E-state index in [-0.39, 0.29) is 11.8 Å². The first-order chi connectivity index (χ1) is 37.7. The van der Waals surface area contributed by atoms with Crippen molar-refractivity contribution in [3.8, 4) is 33.6 Å². The van der Waals surface area contributed by atoms with Crippen molar-refractivity contribution >= 4 is 60.9 Å². The van der Waals surface area contributed by atoms with Crippen molar-refractivity contribution in [1.29, 1.82) is 5.41 Å². The second-order valence-corrected chi connectivity index (χ2v) is 19.8. The number of hydrogen-bond acceptors (Lipinski definition) is 1. The van der Waals surface area contributed by atoms with Gasteiger partial charge in [0.15, 0.2) is 5.84 Å². The van der Waals surface area contributed by atoms with Crippen LogP contribution < -0.4 is 5.32 Å². The van der Waals surface area contributed by atoms with E-state index < -0.39 is 0 Å². The van der Waals surface area contributed by atoms with Gasteiger partial charge in [-0.25, -0.2) is 4.99 Å². The summed E-state index contributed by atoms with van der Waals surface area (Å²) in [6.45, 7) is 0.684. The fourth-order valence-corrected chi connectivity index (χ4v) is 11.7. The van der Waals surface area contributed by atoms with Crippen LogP contribution in [0.15, 0.2) is 278 Å². The Balaban J connectivity index is 0.967. The molecule has 76 heavy (non-hydrogen) atoms. The lowest BCUT2D eigenvalue weighted by Gasteiger charge is -2.24. The summed E-state index contributed by atoms with van der Waals surface area (Å²) in [6.07, 6.45) is 8.96. The molecule has 2 N–H and O–H groups in total. The van der Waals surface area contributed by atoms with Gasteiger partial charge >= 0.3 is 0 Å². The third-order valence-electron chi connectivity index (χ3n) is 15.3. The van der Waals surface area contributed by atoms with Crippen LogP contribution in [-0.2, 0) is 0 Å². The molecular weight excluding hydrogens is 923 g/mol. The molecule has 0 bridgehead atoms. The Hall–Kier alpha value is -9.58. The third-order valence-corrected chi connectivity index (χ3v) is 15.3. The summed E-state index contributed by atoms with van der Waals surface area (Å²) < 4.78 is 4.91. The van der Waals surface area contributed by atoms with E-state index in [4.69, 9.17) is 4.99 Å². The molecule has 1 aliphatic carbocycles. The first kappa shape index (κ1) is 46.2. The monoisotopic (exact) mass is 977 g/mol. The molecule has 1 aliphatic rings. The predicted molar refractivity (Wildman–Crippen MR) is 319 cm³/mol. The van der Waals surface area contributed by atoms with Gasteiger partial charge in [0.1, 0.15) is 5.84 Å². The van der Waals surface area contributed by atoms with E-state index in [0.29, 0.717) is 18.3 Å². The Morgan fingerprint density at radius 2 is 1.04 bits per heavy atom. The smallest absolute Gasteiger partial charge is 0.154 e. The van der Waals surface area contributed by atoms with Crippen LogP contribution >= 0.6 is 0 Å². The van der Waals surface area contributed by atoms with Gasteiger partial charge in [-0.1, -0.05) is 231 Å².